The predicted octanol–water partition coefficient (Wildman–Crippen LogP) is 3.55. The summed E-state index contributed by atoms with van der Waals surface area (Å²) in [6, 6.07) is 19.2. The van der Waals surface area contributed by atoms with Gasteiger partial charge in [0.15, 0.2) is 11.5 Å². The van der Waals surface area contributed by atoms with E-state index in [2.05, 4.69) is 16.0 Å². The Morgan fingerprint density at radius 3 is 2.47 bits per heavy atom. The maximum absolute atomic E-state index is 12.2. The number of amides is 3. The molecule has 0 aliphatic carbocycles. The third-order valence-electron chi connectivity index (χ3n) is 4.98. The Bertz CT molecular complexity index is 1150. The van der Waals surface area contributed by atoms with Gasteiger partial charge in [-0.15, -0.1) is 0 Å². The molecule has 34 heavy (non-hydrogen) atoms. The lowest BCUT2D eigenvalue weighted by Crippen LogP contribution is -2.36. The van der Waals surface area contributed by atoms with E-state index in [-0.39, 0.29) is 25.3 Å². The first kappa shape index (κ1) is 22.8. The van der Waals surface area contributed by atoms with Gasteiger partial charge in [-0.2, -0.15) is 0 Å². The van der Waals surface area contributed by atoms with Crippen LogP contribution in [-0.2, 0) is 6.61 Å². The number of fused-ring (bicyclic) bond motifs is 1. The number of methoxy groups -OCH3 is 1. The van der Waals surface area contributed by atoms with Crippen molar-refractivity contribution >= 4 is 17.6 Å². The highest BCUT2D eigenvalue weighted by Crippen LogP contribution is 2.35. The summed E-state index contributed by atoms with van der Waals surface area (Å²) in [5, 5.41) is 8.25. The number of ether oxygens (including phenoxy) is 4. The largest absolute Gasteiger partial charge is 0.497 e. The Morgan fingerprint density at radius 2 is 1.65 bits per heavy atom. The van der Waals surface area contributed by atoms with Gasteiger partial charge in [-0.05, 0) is 54.1 Å². The van der Waals surface area contributed by atoms with Crippen LogP contribution >= 0.6 is 0 Å². The Labute approximate surface area is 197 Å². The van der Waals surface area contributed by atoms with Crippen molar-refractivity contribution < 1.29 is 28.5 Å². The van der Waals surface area contributed by atoms with E-state index in [4.69, 9.17) is 18.9 Å². The van der Waals surface area contributed by atoms with Crippen LogP contribution in [0.4, 0.5) is 10.5 Å². The van der Waals surface area contributed by atoms with E-state index in [1.54, 1.807) is 49.6 Å². The lowest BCUT2D eigenvalue weighted by Gasteiger charge is -2.11. The van der Waals surface area contributed by atoms with Gasteiger partial charge in [0.2, 0.25) is 6.79 Å². The molecule has 9 nitrogen and oxygen atoms in total. The standard InChI is InChI=1S/C25H25N3O6/c1-31-20-7-5-18(6-8-20)24(29)26-11-12-27-25(30)28-19-4-2-3-17(13-19)15-32-21-9-10-22-23(14-21)34-16-33-22/h2-10,13-14H,11-12,15-16H2,1H3,(H,26,29)(H2,27,28,30). The van der Waals surface area contributed by atoms with Gasteiger partial charge >= 0.3 is 6.03 Å². The number of urea groups is 1. The Kier molecular flexibility index (Phi) is 7.34. The van der Waals surface area contributed by atoms with Crippen molar-refractivity contribution in [3.8, 4) is 23.0 Å². The molecule has 0 aromatic heterocycles. The van der Waals surface area contributed by atoms with Crippen molar-refractivity contribution in [3.05, 3.63) is 77.9 Å². The van der Waals surface area contributed by atoms with Gasteiger partial charge in [-0.25, -0.2) is 4.79 Å². The normalized spacial score (nSPS) is 11.4. The van der Waals surface area contributed by atoms with Gasteiger partial charge in [0, 0.05) is 30.4 Å². The molecule has 9 heteroatoms. The fourth-order valence-electron chi connectivity index (χ4n) is 3.24. The monoisotopic (exact) mass is 463 g/mol. The molecule has 0 unspecified atom stereocenters. The Balaban J connectivity index is 1.19. The van der Waals surface area contributed by atoms with Crippen LogP contribution in [0.3, 0.4) is 0 Å². The zero-order valence-electron chi connectivity index (χ0n) is 18.6. The molecule has 176 valence electrons. The van der Waals surface area contributed by atoms with Crippen molar-refractivity contribution in [1.82, 2.24) is 10.6 Å². The second-order valence-corrected chi connectivity index (χ2v) is 7.37. The molecule has 0 bridgehead atoms. The van der Waals surface area contributed by atoms with Crippen molar-refractivity contribution in [2.75, 3.05) is 32.3 Å². The second kappa shape index (κ2) is 11.0. The van der Waals surface area contributed by atoms with Gasteiger partial charge in [0.05, 0.1) is 7.11 Å². The molecular formula is C25H25N3O6. The smallest absolute Gasteiger partial charge is 0.319 e. The van der Waals surface area contributed by atoms with E-state index in [0.717, 1.165) is 5.56 Å². The van der Waals surface area contributed by atoms with E-state index in [0.29, 0.717) is 47.4 Å². The van der Waals surface area contributed by atoms with E-state index in [1.807, 2.05) is 24.3 Å². The number of rotatable bonds is 9. The summed E-state index contributed by atoms with van der Waals surface area (Å²) in [7, 11) is 1.57. The molecule has 0 saturated carbocycles. The predicted molar refractivity (Wildman–Crippen MR) is 126 cm³/mol. The average molecular weight is 463 g/mol. The van der Waals surface area contributed by atoms with Crippen LogP contribution in [0.15, 0.2) is 66.7 Å². The summed E-state index contributed by atoms with van der Waals surface area (Å²) in [6.07, 6.45) is 0. The quantitative estimate of drug-likeness (QED) is 0.419. The van der Waals surface area contributed by atoms with Crippen molar-refractivity contribution in [2.45, 2.75) is 6.61 Å². The topological polar surface area (TPSA) is 107 Å². The van der Waals surface area contributed by atoms with E-state index < -0.39 is 0 Å². The SMILES string of the molecule is COc1ccc(C(=O)NCCNC(=O)Nc2cccc(COc3ccc4c(c3)OCO4)c2)cc1. The first-order valence-corrected chi connectivity index (χ1v) is 10.7. The van der Waals surface area contributed by atoms with E-state index >= 15 is 0 Å². The number of carbonyl (C=O) groups is 2. The highest BCUT2D eigenvalue weighted by molar-refractivity contribution is 5.94. The van der Waals surface area contributed by atoms with Crippen LogP contribution in [0.25, 0.3) is 0 Å². The van der Waals surface area contributed by atoms with Crippen LogP contribution in [0.2, 0.25) is 0 Å². The number of hydrogen-bond donors (Lipinski definition) is 3. The minimum absolute atomic E-state index is 0.212. The summed E-state index contributed by atoms with van der Waals surface area (Å²) < 4.78 is 21.5. The van der Waals surface area contributed by atoms with Crippen LogP contribution in [0.1, 0.15) is 15.9 Å². The molecule has 3 N–H and O–H groups in total. The lowest BCUT2D eigenvalue weighted by atomic mass is 10.2. The number of hydrogen-bond acceptors (Lipinski definition) is 6. The van der Waals surface area contributed by atoms with Gasteiger partial charge in [0.25, 0.3) is 5.91 Å². The Morgan fingerprint density at radius 1 is 0.882 bits per heavy atom. The highest BCUT2D eigenvalue weighted by Gasteiger charge is 2.13. The van der Waals surface area contributed by atoms with Crippen LogP contribution in [0, 0.1) is 0 Å². The first-order valence-electron chi connectivity index (χ1n) is 10.7. The van der Waals surface area contributed by atoms with Gasteiger partial charge < -0.3 is 34.9 Å². The first-order chi connectivity index (χ1) is 16.6. The molecule has 3 aromatic rings. The molecule has 1 heterocycles. The summed E-state index contributed by atoms with van der Waals surface area (Å²) in [5.74, 6) is 2.48. The number of anilines is 1. The highest BCUT2D eigenvalue weighted by atomic mass is 16.7. The Hall–Kier alpha value is -4.40. The number of carbonyl (C=O) groups excluding carboxylic acids is 2. The van der Waals surface area contributed by atoms with Gasteiger partial charge in [-0.1, -0.05) is 12.1 Å². The molecule has 1 aliphatic heterocycles. The number of nitrogens with one attached hydrogen (secondary N) is 3. The number of benzene rings is 3. The molecule has 4 rings (SSSR count). The van der Waals surface area contributed by atoms with Crippen molar-refractivity contribution in [1.29, 1.82) is 0 Å². The van der Waals surface area contributed by atoms with Crippen LogP contribution in [-0.4, -0.2) is 38.9 Å². The summed E-state index contributed by atoms with van der Waals surface area (Å²) in [4.78, 5) is 24.3. The molecule has 0 saturated heterocycles. The van der Waals surface area contributed by atoms with Crippen molar-refractivity contribution in [3.63, 3.8) is 0 Å². The average Bonchev–Trinajstić information content (AvgIpc) is 3.33. The summed E-state index contributed by atoms with van der Waals surface area (Å²) >= 11 is 0. The van der Waals surface area contributed by atoms with Gasteiger partial charge in [-0.3, -0.25) is 4.79 Å². The molecule has 3 amide bonds. The second-order valence-electron chi connectivity index (χ2n) is 7.37. The minimum atomic E-state index is -0.368. The molecule has 0 atom stereocenters. The summed E-state index contributed by atoms with van der Waals surface area (Å²) in [5.41, 5.74) is 2.04. The van der Waals surface area contributed by atoms with Crippen LogP contribution in [0.5, 0.6) is 23.0 Å². The molecular weight excluding hydrogens is 438 g/mol. The van der Waals surface area contributed by atoms with E-state index in [9.17, 15) is 9.59 Å². The zero-order valence-corrected chi connectivity index (χ0v) is 18.6. The van der Waals surface area contributed by atoms with Crippen LogP contribution < -0.4 is 34.9 Å². The molecule has 0 fully saturated rings. The van der Waals surface area contributed by atoms with Crippen molar-refractivity contribution in [2.24, 2.45) is 0 Å². The third kappa shape index (κ3) is 6.10. The minimum Gasteiger partial charge on any atom is -0.497 e. The van der Waals surface area contributed by atoms with E-state index in [1.165, 1.54) is 0 Å². The molecule has 3 aromatic carbocycles. The lowest BCUT2D eigenvalue weighted by molar-refractivity contribution is 0.0954. The zero-order chi connectivity index (χ0) is 23.8. The van der Waals surface area contributed by atoms with Gasteiger partial charge in [0.1, 0.15) is 18.1 Å². The molecule has 1 aliphatic rings. The fraction of sp³-hybridized carbons (Fsp3) is 0.200. The fourth-order valence-corrected chi connectivity index (χ4v) is 3.24. The maximum Gasteiger partial charge on any atom is 0.319 e. The maximum atomic E-state index is 12.2. The summed E-state index contributed by atoms with van der Waals surface area (Å²) in [6.45, 7) is 1.11. The third-order valence-corrected chi connectivity index (χ3v) is 4.98. The molecule has 0 spiro atoms. The molecule has 0 radical (unpaired) electrons.